The predicted octanol–water partition coefficient (Wildman–Crippen LogP) is 2.58. The molecule has 0 aliphatic heterocycles. The fourth-order valence-corrected chi connectivity index (χ4v) is 1.60. The molecule has 3 heteroatoms. The van der Waals surface area contributed by atoms with Crippen molar-refractivity contribution in [1.29, 1.82) is 0 Å². The first-order valence-corrected chi connectivity index (χ1v) is 4.37. The van der Waals surface area contributed by atoms with Crippen LogP contribution >= 0.6 is 15.9 Å². The molecule has 1 aromatic heterocycles. The highest BCUT2D eigenvalue weighted by atomic mass is 79.9. The van der Waals surface area contributed by atoms with E-state index < -0.39 is 0 Å². The maximum Gasteiger partial charge on any atom is 0.0714 e. The van der Waals surface area contributed by atoms with Gasteiger partial charge in [-0.25, -0.2) is 0 Å². The number of aromatic nitrogens is 1. The third kappa shape index (κ3) is 1.06. The Morgan fingerprint density at radius 1 is 1.25 bits per heavy atom. The molecule has 12 heavy (non-hydrogen) atoms. The molecule has 0 saturated carbocycles. The highest BCUT2D eigenvalue weighted by Crippen LogP contribution is 2.27. The lowest BCUT2D eigenvalue weighted by molar-refractivity contribution is 1.41. The first-order valence-electron chi connectivity index (χ1n) is 3.58. The van der Waals surface area contributed by atoms with Crippen molar-refractivity contribution in [3.63, 3.8) is 0 Å². The minimum absolute atomic E-state index is 0.746. The number of nitrogens with two attached hydrogens (primary N) is 1. The topological polar surface area (TPSA) is 38.9 Å². The molecule has 0 atom stereocenters. The van der Waals surface area contributed by atoms with E-state index in [1.54, 1.807) is 6.20 Å². The summed E-state index contributed by atoms with van der Waals surface area (Å²) in [7, 11) is 0. The van der Waals surface area contributed by atoms with Crippen molar-refractivity contribution in [2.24, 2.45) is 0 Å². The number of pyridine rings is 1. The normalized spacial score (nSPS) is 10.4. The van der Waals surface area contributed by atoms with Gasteiger partial charge in [-0.15, -0.1) is 0 Å². The number of halogens is 1. The minimum atomic E-state index is 0.746. The van der Waals surface area contributed by atoms with Crippen molar-refractivity contribution >= 4 is 32.5 Å². The maximum absolute atomic E-state index is 5.71. The van der Waals surface area contributed by atoms with Crippen LogP contribution in [0.4, 0.5) is 5.69 Å². The molecule has 2 rings (SSSR count). The van der Waals surface area contributed by atoms with Gasteiger partial charge in [0.25, 0.3) is 0 Å². The number of benzene rings is 1. The van der Waals surface area contributed by atoms with Gasteiger partial charge in [0.2, 0.25) is 0 Å². The Bertz CT molecular complexity index is 426. The zero-order chi connectivity index (χ0) is 8.55. The van der Waals surface area contributed by atoms with Gasteiger partial charge in [0.15, 0.2) is 0 Å². The Morgan fingerprint density at radius 2 is 2.08 bits per heavy atom. The summed E-state index contributed by atoms with van der Waals surface area (Å²) in [6.07, 6.45) is 1.77. The van der Waals surface area contributed by atoms with Crippen molar-refractivity contribution in [3.05, 3.63) is 34.9 Å². The van der Waals surface area contributed by atoms with Crippen LogP contribution in [0.1, 0.15) is 0 Å². The number of rotatable bonds is 0. The number of hydrogen-bond acceptors (Lipinski definition) is 2. The monoisotopic (exact) mass is 222 g/mol. The average molecular weight is 223 g/mol. The first kappa shape index (κ1) is 7.55. The van der Waals surface area contributed by atoms with Gasteiger partial charge in [0.05, 0.1) is 5.52 Å². The second-order valence-electron chi connectivity index (χ2n) is 2.54. The molecule has 0 fully saturated rings. The maximum atomic E-state index is 5.71. The summed E-state index contributed by atoms with van der Waals surface area (Å²) < 4.78 is 0.924. The van der Waals surface area contributed by atoms with Crippen LogP contribution in [-0.4, -0.2) is 4.98 Å². The predicted molar refractivity (Wildman–Crippen MR) is 53.9 cm³/mol. The van der Waals surface area contributed by atoms with Crippen LogP contribution in [0.3, 0.4) is 0 Å². The fourth-order valence-electron chi connectivity index (χ4n) is 1.13. The van der Waals surface area contributed by atoms with E-state index in [9.17, 15) is 0 Å². The molecule has 1 aromatic carbocycles. The Morgan fingerprint density at radius 3 is 2.92 bits per heavy atom. The molecule has 0 spiro atoms. The average Bonchev–Trinajstić information content (AvgIpc) is 2.12. The summed E-state index contributed by atoms with van der Waals surface area (Å²) in [6.45, 7) is 0. The molecule has 0 unspecified atom stereocenters. The van der Waals surface area contributed by atoms with Crippen molar-refractivity contribution in [2.75, 3.05) is 5.73 Å². The Hall–Kier alpha value is -1.09. The van der Waals surface area contributed by atoms with Gasteiger partial charge in [-0.3, -0.25) is 4.98 Å². The van der Waals surface area contributed by atoms with Gasteiger partial charge in [-0.05, 0) is 34.1 Å². The summed E-state index contributed by atoms with van der Waals surface area (Å²) in [5.41, 5.74) is 7.41. The Balaban J connectivity index is 2.91. The van der Waals surface area contributed by atoms with Crippen molar-refractivity contribution in [2.45, 2.75) is 0 Å². The summed E-state index contributed by atoms with van der Waals surface area (Å²) in [5.74, 6) is 0. The molecular weight excluding hydrogens is 216 g/mol. The summed E-state index contributed by atoms with van der Waals surface area (Å²) >= 11 is 3.42. The van der Waals surface area contributed by atoms with Crippen LogP contribution in [0.5, 0.6) is 0 Å². The zero-order valence-electron chi connectivity index (χ0n) is 6.29. The standard InChI is InChI=1S/C9H7BrN2/c10-9-6-2-1-5-12-8(6)4-3-7(9)11/h1-5H,11H2. The molecule has 0 aliphatic carbocycles. The van der Waals surface area contributed by atoms with Crippen LogP contribution in [0.15, 0.2) is 34.9 Å². The van der Waals surface area contributed by atoms with E-state index in [2.05, 4.69) is 20.9 Å². The van der Waals surface area contributed by atoms with E-state index >= 15 is 0 Å². The summed E-state index contributed by atoms with van der Waals surface area (Å²) in [5, 5.41) is 1.05. The van der Waals surface area contributed by atoms with Crippen LogP contribution in [0.2, 0.25) is 0 Å². The molecule has 1 heterocycles. The second-order valence-corrected chi connectivity index (χ2v) is 3.33. The summed E-state index contributed by atoms with van der Waals surface area (Å²) in [6, 6.07) is 7.64. The van der Waals surface area contributed by atoms with Gasteiger partial charge < -0.3 is 5.73 Å². The highest BCUT2D eigenvalue weighted by molar-refractivity contribution is 9.10. The third-order valence-electron chi connectivity index (χ3n) is 1.75. The van der Waals surface area contributed by atoms with Gasteiger partial charge in [0, 0.05) is 21.7 Å². The first-order chi connectivity index (χ1) is 5.79. The quantitative estimate of drug-likeness (QED) is 0.697. The lowest BCUT2D eigenvalue weighted by Gasteiger charge is -2.01. The number of nitrogen functional groups attached to an aromatic ring is 1. The van der Waals surface area contributed by atoms with Crippen LogP contribution < -0.4 is 5.73 Å². The van der Waals surface area contributed by atoms with Crippen molar-refractivity contribution in [1.82, 2.24) is 4.98 Å². The minimum Gasteiger partial charge on any atom is -0.398 e. The van der Waals surface area contributed by atoms with Crippen molar-refractivity contribution in [3.8, 4) is 0 Å². The van der Waals surface area contributed by atoms with Gasteiger partial charge in [0.1, 0.15) is 0 Å². The lowest BCUT2D eigenvalue weighted by Crippen LogP contribution is -1.87. The van der Waals surface area contributed by atoms with Crippen LogP contribution in [-0.2, 0) is 0 Å². The van der Waals surface area contributed by atoms with E-state index in [1.165, 1.54) is 0 Å². The Kier molecular flexibility index (Phi) is 1.73. The molecule has 0 radical (unpaired) electrons. The van der Waals surface area contributed by atoms with E-state index in [-0.39, 0.29) is 0 Å². The number of hydrogen-bond donors (Lipinski definition) is 1. The molecule has 0 saturated heterocycles. The van der Waals surface area contributed by atoms with E-state index in [0.717, 1.165) is 21.1 Å². The number of nitrogens with zero attached hydrogens (tertiary/aromatic N) is 1. The molecule has 2 nitrogen and oxygen atoms in total. The van der Waals surface area contributed by atoms with Gasteiger partial charge >= 0.3 is 0 Å². The lowest BCUT2D eigenvalue weighted by atomic mass is 10.2. The van der Waals surface area contributed by atoms with E-state index in [1.807, 2.05) is 24.3 Å². The van der Waals surface area contributed by atoms with Crippen molar-refractivity contribution < 1.29 is 0 Å². The number of anilines is 1. The van der Waals surface area contributed by atoms with Crippen LogP contribution in [0.25, 0.3) is 10.9 Å². The third-order valence-corrected chi connectivity index (χ3v) is 2.63. The van der Waals surface area contributed by atoms with E-state index in [0.29, 0.717) is 0 Å². The fraction of sp³-hybridized carbons (Fsp3) is 0. The molecule has 2 N–H and O–H groups in total. The van der Waals surface area contributed by atoms with Gasteiger partial charge in [-0.2, -0.15) is 0 Å². The largest absolute Gasteiger partial charge is 0.398 e. The zero-order valence-corrected chi connectivity index (χ0v) is 7.88. The SMILES string of the molecule is Nc1ccc2ncccc2c1Br. The number of fused-ring (bicyclic) bond motifs is 1. The van der Waals surface area contributed by atoms with E-state index in [4.69, 9.17) is 5.73 Å². The summed E-state index contributed by atoms with van der Waals surface area (Å²) in [4.78, 5) is 4.20. The highest BCUT2D eigenvalue weighted by Gasteiger charge is 2.00. The molecule has 0 bridgehead atoms. The molecule has 2 aromatic rings. The molecular formula is C9H7BrN2. The van der Waals surface area contributed by atoms with Gasteiger partial charge in [-0.1, -0.05) is 6.07 Å². The smallest absolute Gasteiger partial charge is 0.0714 e. The second kappa shape index (κ2) is 2.75. The molecule has 60 valence electrons. The molecule has 0 amide bonds. The van der Waals surface area contributed by atoms with Crippen LogP contribution in [0, 0.1) is 0 Å². The Labute approximate surface area is 78.5 Å². The molecule has 0 aliphatic rings.